The molecule has 0 aliphatic carbocycles. The maximum Gasteiger partial charge on any atom is 0.123 e. The zero-order valence-corrected chi connectivity index (χ0v) is 11.0. The highest BCUT2D eigenvalue weighted by molar-refractivity contribution is 9.10. The van der Waals surface area contributed by atoms with Crippen LogP contribution in [0, 0.1) is 0 Å². The molecule has 1 aliphatic rings. The Morgan fingerprint density at radius 2 is 2.29 bits per heavy atom. The highest BCUT2D eigenvalue weighted by Gasteiger charge is 2.19. The number of H-pyrrole nitrogens is 1. The lowest BCUT2D eigenvalue weighted by atomic mass is 10.2. The Morgan fingerprint density at radius 1 is 1.35 bits per heavy atom. The lowest BCUT2D eigenvalue weighted by molar-refractivity contribution is 0.613. The van der Waals surface area contributed by atoms with Gasteiger partial charge in [-0.1, -0.05) is 28.1 Å². The summed E-state index contributed by atoms with van der Waals surface area (Å²) in [6.07, 6.45) is 4.32. The summed E-state index contributed by atoms with van der Waals surface area (Å²) in [4.78, 5) is 7.88. The van der Waals surface area contributed by atoms with Crippen LogP contribution >= 0.6 is 15.9 Å². The van der Waals surface area contributed by atoms with Gasteiger partial charge < -0.3 is 10.3 Å². The van der Waals surface area contributed by atoms with E-state index in [4.69, 9.17) is 0 Å². The minimum absolute atomic E-state index is 0.399. The molecule has 88 valence electrons. The van der Waals surface area contributed by atoms with E-state index in [0.29, 0.717) is 6.04 Å². The monoisotopic (exact) mass is 291 g/mol. The first-order chi connectivity index (χ1) is 8.33. The molecular formula is C13H14BrN3. The standard InChI is InChI=1S/C13H14BrN3/c14-10-4-1-3-9(7-10)12-8-16-13(17-12)11-5-2-6-15-11/h1,3-4,7-8,11,15H,2,5-6H2,(H,16,17). The molecule has 1 aliphatic heterocycles. The molecule has 3 rings (SSSR count). The zero-order valence-electron chi connectivity index (χ0n) is 9.41. The van der Waals surface area contributed by atoms with E-state index in [-0.39, 0.29) is 0 Å². The Balaban J connectivity index is 1.89. The highest BCUT2D eigenvalue weighted by Crippen LogP contribution is 2.25. The first kappa shape index (κ1) is 11.0. The van der Waals surface area contributed by atoms with E-state index in [1.54, 1.807) is 0 Å². The summed E-state index contributed by atoms with van der Waals surface area (Å²) in [6.45, 7) is 1.09. The van der Waals surface area contributed by atoms with E-state index in [2.05, 4.69) is 43.3 Å². The number of halogens is 1. The topological polar surface area (TPSA) is 40.7 Å². The molecule has 1 fully saturated rings. The van der Waals surface area contributed by atoms with Gasteiger partial charge >= 0.3 is 0 Å². The zero-order chi connectivity index (χ0) is 11.7. The van der Waals surface area contributed by atoms with Gasteiger partial charge in [-0.2, -0.15) is 0 Å². The van der Waals surface area contributed by atoms with Gasteiger partial charge in [0.05, 0.1) is 17.9 Å². The van der Waals surface area contributed by atoms with Crippen LogP contribution in [0.5, 0.6) is 0 Å². The summed E-state index contributed by atoms with van der Waals surface area (Å²) in [5.74, 6) is 1.05. The fourth-order valence-electron chi connectivity index (χ4n) is 2.23. The van der Waals surface area contributed by atoms with Crippen LogP contribution in [-0.4, -0.2) is 16.5 Å². The fraction of sp³-hybridized carbons (Fsp3) is 0.308. The van der Waals surface area contributed by atoms with E-state index in [9.17, 15) is 0 Å². The van der Waals surface area contributed by atoms with Crippen molar-refractivity contribution in [3.8, 4) is 11.3 Å². The molecule has 1 unspecified atom stereocenters. The van der Waals surface area contributed by atoms with Gasteiger partial charge in [0.25, 0.3) is 0 Å². The van der Waals surface area contributed by atoms with Crippen molar-refractivity contribution in [1.29, 1.82) is 0 Å². The molecule has 2 N–H and O–H groups in total. The van der Waals surface area contributed by atoms with Crippen molar-refractivity contribution < 1.29 is 0 Å². The second kappa shape index (κ2) is 4.63. The number of rotatable bonds is 2. The van der Waals surface area contributed by atoms with E-state index < -0.39 is 0 Å². The van der Waals surface area contributed by atoms with Crippen molar-refractivity contribution in [2.75, 3.05) is 6.54 Å². The smallest absolute Gasteiger partial charge is 0.123 e. The molecule has 0 radical (unpaired) electrons. The van der Waals surface area contributed by atoms with Crippen LogP contribution in [0.15, 0.2) is 34.9 Å². The Labute approximate surface area is 109 Å². The van der Waals surface area contributed by atoms with Crippen molar-refractivity contribution in [1.82, 2.24) is 15.3 Å². The predicted molar refractivity (Wildman–Crippen MR) is 71.7 cm³/mol. The minimum Gasteiger partial charge on any atom is -0.341 e. The molecule has 2 heterocycles. The maximum absolute atomic E-state index is 4.47. The second-order valence-electron chi connectivity index (χ2n) is 4.34. The third-order valence-corrected chi connectivity index (χ3v) is 3.61. The lowest BCUT2D eigenvalue weighted by Gasteiger charge is -2.05. The summed E-state index contributed by atoms with van der Waals surface area (Å²) in [7, 11) is 0. The average Bonchev–Trinajstić information content (AvgIpc) is 3.00. The maximum atomic E-state index is 4.47. The SMILES string of the molecule is Brc1cccc(-c2cnc(C3CCCN3)[nH]2)c1. The number of hydrogen-bond donors (Lipinski definition) is 2. The molecule has 1 atom stereocenters. The van der Waals surface area contributed by atoms with Crippen LogP contribution < -0.4 is 5.32 Å². The first-order valence-corrected chi connectivity index (χ1v) is 6.66. The Hall–Kier alpha value is -1.13. The molecule has 1 aromatic heterocycles. The molecule has 4 heteroatoms. The van der Waals surface area contributed by atoms with Crippen molar-refractivity contribution in [3.63, 3.8) is 0 Å². The minimum atomic E-state index is 0.399. The van der Waals surface area contributed by atoms with E-state index in [0.717, 1.165) is 28.1 Å². The average molecular weight is 292 g/mol. The van der Waals surface area contributed by atoms with Crippen molar-refractivity contribution in [2.24, 2.45) is 0 Å². The number of nitrogens with zero attached hydrogens (tertiary/aromatic N) is 1. The number of hydrogen-bond acceptors (Lipinski definition) is 2. The molecule has 0 saturated carbocycles. The van der Waals surface area contributed by atoms with Gasteiger partial charge in [0.15, 0.2) is 0 Å². The van der Waals surface area contributed by atoms with Crippen LogP contribution in [0.2, 0.25) is 0 Å². The van der Waals surface area contributed by atoms with Crippen molar-refractivity contribution in [2.45, 2.75) is 18.9 Å². The Bertz CT molecular complexity index is 515. The number of aromatic amines is 1. The number of imidazole rings is 1. The van der Waals surface area contributed by atoms with Gasteiger partial charge in [-0.15, -0.1) is 0 Å². The molecule has 1 aromatic carbocycles. The molecule has 0 amide bonds. The molecule has 3 nitrogen and oxygen atoms in total. The normalized spacial score (nSPS) is 19.7. The van der Waals surface area contributed by atoms with Gasteiger partial charge in [0.2, 0.25) is 0 Å². The predicted octanol–water partition coefficient (Wildman–Crippen LogP) is 3.26. The summed E-state index contributed by atoms with van der Waals surface area (Å²) >= 11 is 3.49. The number of nitrogens with one attached hydrogen (secondary N) is 2. The summed E-state index contributed by atoms with van der Waals surface area (Å²) in [6, 6.07) is 8.65. The fourth-order valence-corrected chi connectivity index (χ4v) is 2.63. The van der Waals surface area contributed by atoms with Gasteiger partial charge in [-0.05, 0) is 31.5 Å². The summed E-state index contributed by atoms with van der Waals surface area (Å²) < 4.78 is 1.09. The van der Waals surface area contributed by atoms with Crippen LogP contribution in [0.3, 0.4) is 0 Å². The number of aromatic nitrogens is 2. The van der Waals surface area contributed by atoms with Crippen LogP contribution in [0.4, 0.5) is 0 Å². The summed E-state index contributed by atoms with van der Waals surface area (Å²) in [5, 5.41) is 3.45. The van der Waals surface area contributed by atoms with Crippen molar-refractivity contribution in [3.05, 3.63) is 40.8 Å². The summed E-state index contributed by atoms with van der Waals surface area (Å²) in [5.41, 5.74) is 2.24. The van der Waals surface area contributed by atoms with Crippen LogP contribution in [0.25, 0.3) is 11.3 Å². The lowest BCUT2D eigenvalue weighted by Crippen LogP contribution is -2.14. The molecule has 0 bridgehead atoms. The van der Waals surface area contributed by atoms with E-state index >= 15 is 0 Å². The highest BCUT2D eigenvalue weighted by atomic mass is 79.9. The molecule has 1 saturated heterocycles. The van der Waals surface area contributed by atoms with E-state index in [1.807, 2.05) is 18.3 Å². The molecule has 0 spiro atoms. The quantitative estimate of drug-likeness (QED) is 0.892. The molecule has 2 aromatic rings. The molecular weight excluding hydrogens is 278 g/mol. The third kappa shape index (κ3) is 2.28. The van der Waals surface area contributed by atoms with Gasteiger partial charge in [0, 0.05) is 10.0 Å². The van der Waals surface area contributed by atoms with E-state index in [1.165, 1.54) is 12.8 Å². The second-order valence-corrected chi connectivity index (χ2v) is 5.26. The first-order valence-electron chi connectivity index (χ1n) is 5.87. The van der Waals surface area contributed by atoms with Gasteiger partial charge in [-0.3, -0.25) is 0 Å². The molecule has 17 heavy (non-hydrogen) atoms. The van der Waals surface area contributed by atoms with Gasteiger partial charge in [0.1, 0.15) is 5.82 Å². The van der Waals surface area contributed by atoms with Gasteiger partial charge in [-0.25, -0.2) is 4.98 Å². The number of benzene rings is 1. The third-order valence-electron chi connectivity index (χ3n) is 3.12. The largest absolute Gasteiger partial charge is 0.341 e. The Morgan fingerprint density at radius 3 is 3.06 bits per heavy atom. The van der Waals surface area contributed by atoms with Crippen molar-refractivity contribution >= 4 is 15.9 Å². The van der Waals surface area contributed by atoms with Crippen LogP contribution in [-0.2, 0) is 0 Å². The van der Waals surface area contributed by atoms with Crippen LogP contribution in [0.1, 0.15) is 24.7 Å². The Kier molecular flexibility index (Phi) is 2.99.